The van der Waals surface area contributed by atoms with Gasteiger partial charge in [0.15, 0.2) is 0 Å². The maximum Gasteiger partial charge on any atom is 1.00 e. The fraction of sp³-hybridized carbons (Fsp3) is 0.176. The molecule has 0 spiro atoms. The van der Waals surface area contributed by atoms with Crippen LogP contribution < -0.4 is 4.89 Å². The summed E-state index contributed by atoms with van der Waals surface area (Å²) in [4.78, 5) is 37.0. The van der Waals surface area contributed by atoms with Gasteiger partial charge in [-0.3, -0.25) is 19.1 Å². The molecular formula is C17H15AgNO6P. The van der Waals surface area contributed by atoms with Gasteiger partial charge in [0.1, 0.15) is 0 Å². The second kappa shape index (κ2) is 8.88. The summed E-state index contributed by atoms with van der Waals surface area (Å²) in [6, 6.07) is 15.2. The van der Waals surface area contributed by atoms with E-state index in [1.807, 2.05) is 0 Å². The Morgan fingerprint density at radius 3 is 2.00 bits per heavy atom. The van der Waals surface area contributed by atoms with Crippen LogP contribution in [-0.4, -0.2) is 29.9 Å². The number of amides is 2. The number of imide groups is 1. The molecule has 1 aliphatic heterocycles. The maximum absolute atomic E-state index is 12.1. The van der Waals surface area contributed by atoms with Crippen LogP contribution in [0.4, 0.5) is 0 Å². The van der Waals surface area contributed by atoms with Crippen LogP contribution in [0.3, 0.4) is 0 Å². The van der Waals surface area contributed by atoms with Gasteiger partial charge in [0.25, 0.3) is 19.6 Å². The van der Waals surface area contributed by atoms with Gasteiger partial charge >= 0.3 is 22.4 Å². The molecule has 0 radical (unpaired) electrons. The summed E-state index contributed by atoms with van der Waals surface area (Å²) in [6.45, 7) is -0.678. The van der Waals surface area contributed by atoms with E-state index in [0.717, 1.165) is 4.90 Å². The molecule has 0 saturated carbocycles. The Kier molecular flexibility index (Phi) is 7.08. The minimum Gasteiger partial charge on any atom is -0.756 e. The van der Waals surface area contributed by atoms with E-state index in [9.17, 15) is 19.0 Å². The van der Waals surface area contributed by atoms with Crippen LogP contribution in [0, 0.1) is 0 Å². The molecule has 1 atom stereocenters. The van der Waals surface area contributed by atoms with Crippen molar-refractivity contribution in [3.8, 4) is 0 Å². The number of carbonyl (C=O) groups excluding carboxylic acids is 2. The molecule has 0 fully saturated rings. The molecule has 2 aromatic rings. The van der Waals surface area contributed by atoms with Crippen LogP contribution in [0.5, 0.6) is 0 Å². The number of nitrogens with zero attached hydrogens (tertiary/aromatic N) is 1. The summed E-state index contributed by atoms with van der Waals surface area (Å²) in [5.74, 6) is -0.926. The van der Waals surface area contributed by atoms with Crippen molar-refractivity contribution in [2.75, 3.05) is 13.2 Å². The zero-order valence-corrected chi connectivity index (χ0v) is 15.8. The molecule has 3 rings (SSSR count). The average molecular weight is 468 g/mol. The first kappa shape index (κ1) is 20.7. The third-order valence-electron chi connectivity index (χ3n) is 3.67. The van der Waals surface area contributed by atoms with Crippen LogP contribution >= 0.6 is 7.82 Å². The smallest absolute Gasteiger partial charge is 0.756 e. The van der Waals surface area contributed by atoms with Gasteiger partial charge in [-0.2, -0.15) is 0 Å². The van der Waals surface area contributed by atoms with E-state index in [4.69, 9.17) is 9.05 Å². The topological polar surface area (TPSA) is 96.0 Å². The van der Waals surface area contributed by atoms with Crippen molar-refractivity contribution in [3.05, 3.63) is 71.3 Å². The number of carbonyl (C=O) groups is 2. The quantitative estimate of drug-likeness (QED) is 0.351. The molecular weight excluding hydrogens is 453 g/mol. The van der Waals surface area contributed by atoms with Gasteiger partial charge in [-0.25, -0.2) is 0 Å². The first-order chi connectivity index (χ1) is 12.0. The monoisotopic (exact) mass is 467 g/mol. The number of benzene rings is 2. The Balaban J connectivity index is 0.00000243. The second-order valence-corrected chi connectivity index (χ2v) is 6.76. The molecule has 0 saturated heterocycles. The van der Waals surface area contributed by atoms with E-state index in [-0.39, 0.29) is 42.1 Å². The molecule has 1 aliphatic rings. The van der Waals surface area contributed by atoms with Crippen molar-refractivity contribution in [3.63, 3.8) is 0 Å². The summed E-state index contributed by atoms with van der Waals surface area (Å²) >= 11 is 0. The number of rotatable bonds is 7. The number of fused-ring (bicyclic) bond motifs is 1. The third-order valence-corrected chi connectivity index (χ3v) is 4.62. The van der Waals surface area contributed by atoms with Crippen LogP contribution in [0.15, 0.2) is 54.6 Å². The zero-order valence-electron chi connectivity index (χ0n) is 13.5. The van der Waals surface area contributed by atoms with Crippen molar-refractivity contribution in [2.45, 2.75) is 6.61 Å². The van der Waals surface area contributed by atoms with Crippen molar-refractivity contribution in [1.82, 2.24) is 4.90 Å². The molecule has 9 heteroatoms. The van der Waals surface area contributed by atoms with Crippen molar-refractivity contribution in [1.29, 1.82) is 0 Å². The standard InChI is InChI=1S/C17H16NO6P.Ag/c19-16-14-8-4-5-9-15(14)17(20)18(16)10-11-23-25(21,22)24-12-13-6-2-1-3-7-13;/h1-9H,10-12H2,(H,21,22);/q;+1/p-1. The molecule has 2 aromatic carbocycles. The zero-order chi connectivity index (χ0) is 17.9. The third kappa shape index (κ3) is 4.78. The van der Waals surface area contributed by atoms with Gasteiger partial charge < -0.3 is 13.9 Å². The molecule has 0 aliphatic carbocycles. The van der Waals surface area contributed by atoms with E-state index in [1.165, 1.54) is 0 Å². The Labute approximate surface area is 166 Å². The summed E-state index contributed by atoms with van der Waals surface area (Å²) in [7, 11) is -4.53. The normalized spacial score (nSPS) is 15.3. The number of hydrogen-bond acceptors (Lipinski definition) is 6. The predicted molar refractivity (Wildman–Crippen MR) is 86.6 cm³/mol. The second-order valence-electron chi connectivity index (χ2n) is 5.35. The van der Waals surface area contributed by atoms with Gasteiger partial charge in [0.05, 0.1) is 30.9 Å². The van der Waals surface area contributed by atoms with Gasteiger partial charge in [0.2, 0.25) is 0 Å². The van der Waals surface area contributed by atoms with E-state index < -0.39 is 19.6 Å². The van der Waals surface area contributed by atoms with Gasteiger partial charge in [-0.15, -0.1) is 0 Å². The van der Waals surface area contributed by atoms with Gasteiger partial charge in [-0.05, 0) is 17.7 Å². The molecule has 1 unspecified atom stereocenters. The first-order valence-electron chi connectivity index (χ1n) is 7.57. The summed E-state index contributed by atoms with van der Waals surface area (Å²) in [5.41, 5.74) is 1.29. The van der Waals surface area contributed by atoms with Gasteiger partial charge in [0, 0.05) is 0 Å². The van der Waals surface area contributed by atoms with Crippen LogP contribution in [0.2, 0.25) is 0 Å². The van der Waals surface area contributed by atoms with Crippen molar-refractivity contribution >= 4 is 19.6 Å². The average Bonchev–Trinajstić information content (AvgIpc) is 2.86. The first-order valence-corrected chi connectivity index (χ1v) is 9.03. The fourth-order valence-electron chi connectivity index (χ4n) is 2.45. The molecule has 0 bridgehead atoms. The molecule has 26 heavy (non-hydrogen) atoms. The minimum absolute atomic E-state index is 0. The number of phosphoric acid groups is 1. The van der Waals surface area contributed by atoms with Crippen LogP contribution in [0.25, 0.3) is 0 Å². The Morgan fingerprint density at radius 2 is 1.42 bits per heavy atom. The maximum atomic E-state index is 12.1. The summed E-state index contributed by atoms with van der Waals surface area (Å²) in [6.07, 6.45) is 0. The number of phosphoric ester groups is 1. The molecule has 1 heterocycles. The van der Waals surface area contributed by atoms with E-state index in [2.05, 4.69) is 0 Å². The molecule has 0 N–H and O–H groups in total. The van der Waals surface area contributed by atoms with Gasteiger partial charge in [-0.1, -0.05) is 42.5 Å². The largest absolute Gasteiger partial charge is 1.00 e. The van der Waals surface area contributed by atoms with E-state index >= 15 is 0 Å². The summed E-state index contributed by atoms with van der Waals surface area (Å²) < 4.78 is 21.3. The van der Waals surface area contributed by atoms with Crippen LogP contribution in [0.1, 0.15) is 26.3 Å². The van der Waals surface area contributed by atoms with Crippen molar-refractivity contribution in [2.24, 2.45) is 0 Å². The Hall–Kier alpha value is -1.57. The predicted octanol–water partition coefficient (Wildman–Crippen LogP) is 1.98. The molecule has 7 nitrogen and oxygen atoms in total. The molecule has 0 aromatic heterocycles. The Bertz CT molecular complexity index is 809. The van der Waals surface area contributed by atoms with E-state index in [0.29, 0.717) is 16.7 Å². The number of hydrogen-bond donors (Lipinski definition) is 0. The molecule has 140 valence electrons. The van der Waals surface area contributed by atoms with Crippen molar-refractivity contribution < 1.29 is 50.5 Å². The van der Waals surface area contributed by atoms with Crippen LogP contribution in [-0.2, 0) is 42.6 Å². The summed E-state index contributed by atoms with van der Waals surface area (Å²) in [5, 5.41) is 0. The fourth-order valence-corrected chi connectivity index (χ4v) is 3.14. The molecule has 2 amide bonds. The Morgan fingerprint density at radius 1 is 0.885 bits per heavy atom. The minimum atomic E-state index is -4.53. The van der Waals surface area contributed by atoms with E-state index in [1.54, 1.807) is 54.6 Å². The SMILES string of the molecule is O=C1c2ccccc2C(=O)N1CCOP(=O)([O-])OCc1ccccc1.[Ag+].